The van der Waals surface area contributed by atoms with E-state index in [9.17, 15) is 4.79 Å². The van der Waals surface area contributed by atoms with Crippen molar-refractivity contribution in [2.45, 2.75) is 12.8 Å². The van der Waals surface area contributed by atoms with Crippen LogP contribution in [-0.2, 0) is 11.2 Å². The highest BCUT2D eigenvalue weighted by molar-refractivity contribution is 8.19. The summed E-state index contributed by atoms with van der Waals surface area (Å²) in [4.78, 5) is 15.4. The molecule has 2 aliphatic rings. The second kappa shape index (κ2) is 7.48. The molecule has 2 heterocycles. The zero-order valence-corrected chi connectivity index (χ0v) is 16.2. The van der Waals surface area contributed by atoms with Gasteiger partial charge in [0.05, 0.1) is 17.2 Å². The number of hydrazone groups is 1. The summed E-state index contributed by atoms with van der Waals surface area (Å²) in [6, 6.07) is 15.7. The molecule has 0 atom stereocenters. The third-order valence-corrected chi connectivity index (χ3v) is 5.30. The van der Waals surface area contributed by atoms with E-state index in [0.717, 1.165) is 36.4 Å². The molecule has 1 saturated heterocycles. The lowest BCUT2D eigenvalue weighted by atomic mass is 10.0. The van der Waals surface area contributed by atoms with E-state index in [1.165, 1.54) is 17.3 Å². The van der Waals surface area contributed by atoms with Gasteiger partial charge >= 0.3 is 0 Å². The molecule has 0 N–H and O–H groups in total. The Morgan fingerprint density at radius 2 is 2.00 bits per heavy atom. The molecule has 0 aromatic heterocycles. The number of carbonyl (C=O) groups is 1. The lowest BCUT2D eigenvalue weighted by Gasteiger charge is -2.17. The minimum atomic E-state index is -0.0548. The number of carbonyl (C=O) groups excluding carboxylic acids is 1. The van der Waals surface area contributed by atoms with E-state index in [0.29, 0.717) is 10.1 Å². The van der Waals surface area contributed by atoms with E-state index in [-0.39, 0.29) is 5.91 Å². The van der Waals surface area contributed by atoms with Crippen molar-refractivity contribution in [2.75, 3.05) is 25.6 Å². The van der Waals surface area contributed by atoms with Crippen molar-refractivity contribution in [1.29, 1.82) is 0 Å². The third-order valence-electron chi connectivity index (χ3n) is 4.34. The number of fused-ring (bicyclic) bond motifs is 1. The van der Waals surface area contributed by atoms with Crippen molar-refractivity contribution < 1.29 is 9.53 Å². The number of para-hydroxylation sites is 1. The van der Waals surface area contributed by atoms with Crippen LogP contribution in [-0.4, -0.2) is 36.8 Å². The van der Waals surface area contributed by atoms with Gasteiger partial charge in [-0.25, -0.2) is 0 Å². The molecule has 2 aliphatic heterocycles. The smallest absolute Gasteiger partial charge is 0.271 e. The zero-order valence-electron chi connectivity index (χ0n) is 15.4. The number of aryl methyl sites for hydroxylation is 1. The van der Waals surface area contributed by atoms with Gasteiger partial charge in [-0.2, -0.15) is 5.10 Å². The second-order valence-corrected chi connectivity index (χ2v) is 7.64. The summed E-state index contributed by atoms with van der Waals surface area (Å²) in [5, 5.41) is 6.87. The third kappa shape index (κ3) is 3.71. The van der Waals surface area contributed by atoms with Crippen molar-refractivity contribution in [3.8, 4) is 5.75 Å². The number of thioether (sulfide) groups is 1. The number of hydrogen-bond donors (Lipinski definition) is 0. The van der Waals surface area contributed by atoms with Crippen molar-refractivity contribution in [2.24, 2.45) is 5.10 Å². The van der Waals surface area contributed by atoms with Crippen LogP contribution in [0.1, 0.15) is 17.5 Å². The van der Waals surface area contributed by atoms with Crippen LogP contribution in [0, 0.1) is 0 Å². The average Bonchev–Trinajstić information content (AvgIpc) is 2.96. The molecule has 6 heteroatoms. The van der Waals surface area contributed by atoms with E-state index in [2.05, 4.69) is 11.2 Å². The fourth-order valence-corrected chi connectivity index (χ4v) is 4.19. The first kappa shape index (κ1) is 17.7. The minimum absolute atomic E-state index is 0.0548. The molecule has 1 amide bonds. The van der Waals surface area contributed by atoms with E-state index in [1.54, 1.807) is 9.91 Å². The monoisotopic (exact) mass is 379 g/mol. The Morgan fingerprint density at radius 1 is 1.19 bits per heavy atom. The summed E-state index contributed by atoms with van der Waals surface area (Å²) in [6.07, 6.45) is 3.98. The van der Waals surface area contributed by atoms with Crippen LogP contribution in [0.3, 0.4) is 0 Å². The first-order chi connectivity index (χ1) is 13.1. The van der Waals surface area contributed by atoms with Crippen LogP contribution in [0.2, 0.25) is 0 Å². The standard InChI is InChI=1S/C21H21N3O2S/c1-23(2)22-21-24(17-8-4-3-5-9-17)20(25)19(27-21)14-15-10-11-18-16(13-15)7-6-12-26-18/h3-5,8-11,13-14H,6-7,12H2,1-2H3/b19-14-,22-21-. The van der Waals surface area contributed by atoms with Crippen LogP contribution in [0.25, 0.3) is 6.08 Å². The lowest BCUT2D eigenvalue weighted by Crippen LogP contribution is -2.30. The molecule has 5 nitrogen and oxygen atoms in total. The van der Waals surface area contributed by atoms with Gasteiger partial charge in [-0.15, -0.1) is 0 Å². The van der Waals surface area contributed by atoms with Gasteiger partial charge in [0.2, 0.25) is 0 Å². The van der Waals surface area contributed by atoms with Crippen molar-refractivity contribution >= 4 is 34.6 Å². The molecular weight excluding hydrogens is 358 g/mol. The molecule has 0 bridgehead atoms. The number of benzene rings is 2. The molecule has 0 unspecified atom stereocenters. The lowest BCUT2D eigenvalue weighted by molar-refractivity contribution is -0.113. The van der Waals surface area contributed by atoms with E-state index < -0.39 is 0 Å². The Bertz CT molecular complexity index is 922. The summed E-state index contributed by atoms with van der Waals surface area (Å²) in [5.74, 6) is 0.898. The molecule has 1 fully saturated rings. The molecular formula is C21H21N3O2S. The van der Waals surface area contributed by atoms with Crippen LogP contribution in [0.5, 0.6) is 5.75 Å². The summed E-state index contributed by atoms with van der Waals surface area (Å²) in [7, 11) is 3.71. The predicted molar refractivity (Wildman–Crippen MR) is 111 cm³/mol. The zero-order chi connectivity index (χ0) is 18.8. The maximum absolute atomic E-state index is 13.1. The van der Waals surface area contributed by atoms with Gasteiger partial charge in [-0.3, -0.25) is 9.69 Å². The van der Waals surface area contributed by atoms with Gasteiger partial charge in [0, 0.05) is 14.1 Å². The highest BCUT2D eigenvalue weighted by Crippen LogP contribution is 2.36. The van der Waals surface area contributed by atoms with Gasteiger partial charge in [0.15, 0.2) is 5.17 Å². The normalized spacial score (nSPS) is 19.3. The van der Waals surface area contributed by atoms with Crippen LogP contribution in [0.4, 0.5) is 5.69 Å². The highest BCUT2D eigenvalue weighted by atomic mass is 32.2. The van der Waals surface area contributed by atoms with Gasteiger partial charge in [0.25, 0.3) is 5.91 Å². The number of hydrogen-bond acceptors (Lipinski definition) is 5. The predicted octanol–water partition coefficient (Wildman–Crippen LogP) is 3.97. The number of nitrogens with zero attached hydrogens (tertiary/aromatic N) is 3. The SMILES string of the molecule is CN(C)/N=C1\S/C(=C\c2ccc3c(c2)CCCO3)C(=O)N1c1ccccc1. The first-order valence-corrected chi connectivity index (χ1v) is 9.74. The van der Waals surface area contributed by atoms with Crippen molar-refractivity contribution in [3.63, 3.8) is 0 Å². The summed E-state index contributed by atoms with van der Waals surface area (Å²) >= 11 is 1.40. The first-order valence-electron chi connectivity index (χ1n) is 8.92. The topological polar surface area (TPSA) is 45.1 Å². The van der Waals surface area contributed by atoms with E-state index >= 15 is 0 Å². The number of anilines is 1. The Labute approximate surface area is 163 Å². The maximum atomic E-state index is 13.1. The number of amides is 1. The molecule has 2 aromatic carbocycles. The number of amidine groups is 1. The quantitative estimate of drug-likeness (QED) is 0.598. The summed E-state index contributed by atoms with van der Waals surface area (Å²) in [5.41, 5.74) is 3.03. The average molecular weight is 379 g/mol. The largest absolute Gasteiger partial charge is 0.493 e. The van der Waals surface area contributed by atoms with Crippen LogP contribution < -0.4 is 9.64 Å². The summed E-state index contributed by atoms with van der Waals surface area (Å²) in [6.45, 7) is 0.776. The molecule has 27 heavy (non-hydrogen) atoms. The van der Waals surface area contributed by atoms with Crippen LogP contribution in [0.15, 0.2) is 58.5 Å². The molecule has 0 aliphatic carbocycles. The van der Waals surface area contributed by atoms with Crippen molar-refractivity contribution in [3.05, 3.63) is 64.6 Å². The van der Waals surface area contributed by atoms with E-state index in [4.69, 9.17) is 4.74 Å². The van der Waals surface area contributed by atoms with Gasteiger partial charge < -0.3 is 9.75 Å². The molecule has 0 saturated carbocycles. The van der Waals surface area contributed by atoms with Crippen LogP contribution >= 0.6 is 11.8 Å². The van der Waals surface area contributed by atoms with Gasteiger partial charge in [0.1, 0.15) is 5.75 Å². The molecule has 0 spiro atoms. The fourth-order valence-electron chi connectivity index (χ4n) is 3.14. The van der Waals surface area contributed by atoms with Crippen molar-refractivity contribution in [1.82, 2.24) is 5.01 Å². The minimum Gasteiger partial charge on any atom is -0.493 e. The Kier molecular flexibility index (Phi) is 4.90. The molecule has 2 aromatic rings. The molecule has 138 valence electrons. The Hall–Kier alpha value is -2.73. The van der Waals surface area contributed by atoms with Gasteiger partial charge in [-0.05, 0) is 66.1 Å². The highest BCUT2D eigenvalue weighted by Gasteiger charge is 2.35. The molecule has 4 rings (SSSR count). The molecule has 0 radical (unpaired) electrons. The maximum Gasteiger partial charge on any atom is 0.271 e. The summed E-state index contributed by atoms with van der Waals surface area (Å²) < 4.78 is 5.68. The van der Waals surface area contributed by atoms with Gasteiger partial charge in [-0.1, -0.05) is 24.3 Å². The second-order valence-electron chi connectivity index (χ2n) is 6.64. The van der Waals surface area contributed by atoms with E-state index in [1.807, 2.05) is 62.6 Å². The Morgan fingerprint density at radius 3 is 2.78 bits per heavy atom. The fraction of sp³-hybridized carbons (Fsp3) is 0.238. The number of rotatable bonds is 3. The Balaban J connectivity index is 1.69. The number of ether oxygens (including phenoxy) is 1.